The largest absolute Gasteiger partial charge is 0.270 e. The van der Waals surface area contributed by atoms with Gasteiger partial charge in [-0.25, -0.2) is 0 Å². The molecule has 0 aliphatic carbocycles. The van der Waals surface area contributed by atoms with Crippen molar-refractivity contribution in [1.29, 1.82) is 0 Å². The molecule has 0 unspecified atom stereocenters. The van der Waals surface area contributed by atoms with Gasteiger partial charge >= 0.3 is 0 Å². The SMILES string of the molecule is O=C1c2ccccc2C(=O)N1Cc1ccc(Cc2ccc(CN3C(=O)c4ccccc4C3=O)cc2)cc1. The highest BCUT2D eigenvalue weighted by Crippen LogP contribution is 2.26. The third-order valence-electron chi connectivity index (χ3n) is 6.89. The summed E-state index contributed by atoms with van der Waals surface area (Å²) in [7, 11) is 0. The Morgan fingerprint density at radius 1 is 0.378 bits per heavy atom. The van der Waals surface area contributed by atoms with Crippen LogP contribution in [0.4, 0.5) is 0 Å². The molecule has 0 bridgehead atoms. The maximum Gasteiger partial charge on any atom is 0.261 e. The predicted octanol–water partition coefficient (Wildman–Crippen LogP) is 4.87. The van der Waals surface area contributed by atoms with Crippen molar-refractivity contribution in [2.75, 3.05) is 0 Å². The summed E-state index contributed by atoms with van der Waals surface area (Å²) in [5.74, 6) is -1.03. The van der Waals surface area contributed by atoms with Crippen molar-refractivity contribution in [3.05, 3.63) is 142 Å². The van der Waals surface area contributed by atoms with Gasteiger partial charge in [-0.3, -0.25) is 29.0 Å². The zero-order valence-corrected chi connectivity index (χ0v) is 19.9. The van der Waals surface area contributed by atoms with E-state index in [1.807, 2.05) is 48.5 Å². The second-order valence-corrected chi connectivity index (χ2v) is 9.29. The fraction of sp³-hybridized carbons (Fsp3) is 0.0968. The molecule has 0 saturated heterocycles. The van der Waals surface area contributed by atoms with E-state index in [0.717, 1.165) is 22.3 Å². The summed E-state index contributed by atoms with van der Waals surface area (Å²) in [5, 5.41) is 0. The van der Waals surface area contributed by atoms with Crippen molar-refractivity contribution < 1.29 is 19.2 Å². The molecule has 0 saturated carbocycles. The molecule has 6 heteroatoms. The molecule has 37 heavy (non-hydrogen) atoms. The van der Waals surface area contributed by atoms with Gasteiger partial charge in [0.1, 0.15) is 0 Å². The van der Waals surface area contributed by atoms with E-state index in [1.54, 1.807) is 48.5 Å². The molecule has 0 radical (unpaired) electrons. The molecule has 4 aromatic carbocycles. The summed E-state index contributed by atoms with van der Waals surface area (Å²) in [5.41, 5.74) is 5.78. The summed E-state index contributed by atoms with van der Waals surface area (Å²) >= 11 is 0. The maximum atomic E-state index is 12.6. The van der Waals surface area contributed by atoms with Crippen molar-refractivity contribution in [2.45, 2.75) is 19.5 Å². The van der Waals surface area contributed by atoms with E-state index in [1.165, 1.54) is 9.80 Å². The van der Waals surface area contributed by atoms with E-state index in [4.69, 9.17) is 0 Å². The van der Waals surface area contributed by atoms with Crippen LogP contribution in [0, 0.1) is 0 Å². The quantitative estimate of drug-likeness (QED) is 0.365. The number of carbonyl (C=O) groups excluding carboxylic acids is 4. The first-order valence-electron chi connectivity index (χ1n) is 12.1. The van der Waals surface area contributed by atoms with Gasteiger partial charge in [0.25, 0.3) is 23.6 Å². The highest BCUT2D eigenvalue weighted by Gasteiger charge is 2.35. The number of amides is 4. The minimum absolute atomic E-state index is 0.235. The first-order chi connectivity index (χ1) is 18.0. The van der Waals surface area contributed by atoms with Gasteiger partial charge in [0.05, 0.1) is 35.3 Å². The smallest absolute Gasteiger partial charge is 0.261 e. The van der Waals surface area contributed by atoms with Crippen LogP contribution in [0.1, 0.15) is 63.7 Å². The van der Waals surface area contributed by atoms with Gasteiger partial charge in [-0.05, 0) is 52.9 Å². The van der Waals surface area contributed by atoms with Gasteiger partial charge in [0.15, 0.2) is 0 Å². The van der Waals surface area contributed by atoms with Crippen LogP contribution in [-0.2, 0) is 19.5 Å². The Balaban J connectivity index is 1.09. The van der Waals surface area contributed by atoms with Crippen LogP contribution in [0.2, 0.25) is 0 Å². The molecule has 6 rings (SSSR count). The van der Waals surface area contributed by atoms with Crippen LogP contribution in [-0.4, -0.2) is 33.4 Å². The van der Waals surface area contributed by atoms with Crippen LogP contribution in [0.15, 0.2) is 97.1 Å². The third-order valence-corrected chi connectivity index (χ3v) is 6.89. The highest BCUT2D eigenvalue weighted by molar-refractivity contribution is 6.22. The van der Waals surface area contributed by atoms with Crippen LogP contribution in [0.3, 0.4) is 0 Å². The molecule has 2 heterocycles. The predicted molar refractivity (Wildman–Crippen MR) is 137 cm³/mol. The molecule has 0 spiro atoms. The van der Waals surface area contributed by atoms with Gasteiger partial charge in [-0.2, -0.15) is 0 Å². The van der Waals surface area contributed by atoms with Crippen molar-refractivity contribution in [2.24, 2.45) is 0 Å². The molecule has 0 aromatic heterocycles. The molecular weight excluding hydrogens is 464 g/mol. The van der Waals surface area contributed by atoms with Gasteiger partial charge < -0.3 is 0 Å². The number of benzene rings is 4. The molecule has 2 aliphatic rings. The minimum Gasteiger partial charge on any atom is -0.270 e. The van der Waals surface area contributed by atoms with Gasteiger partial charge in [-0.1, -0.05) is 72.8 Å². The second kappa shape index (κ2) is 8.99. The van der Waals surface area contributed by atoms with Crippen molar-refractivity contribution in [3.63, 3.8) is 0 Å². The normalized spacial score (nSPS) is 14.4. The first kappa shape index (κ1) is 22.6. The number of hydrogen-bond acceptors (Lipinski definition) is 4. The fourth-order valence-electron chi connectivity index (χ4n) is 4.89. The van der Waals surface area contributed by atoms with E-state index in [-0.39, 0.29) is 36.7 Å². The van der Waals surface area contributed by atoms with Gasteiger partial charge in [0.2, 0.25) is 0 Å². The Kier molecular flexibility index (Phi) is 5.49. The molecule has 4 amide bonds. The molecule has 180 valence electrons. The molecule has 2 aliphatic heterocycles. The average Bonchev–Trinajstić information content (AvgIpc) is 3.31. The van der Waals surface area contributed by atoms with Crippen LogP contribution in [0.5, 0.6) is 0 Å². The van der Waals surface area contributed by atoms with Crippen LogP contribution in [0.25, 0.3) is 0 Å². The zero-order valence-electron chi connectivity index (χ0n) is 19.9. The lowest BCUT2D eigenvalue weighted by Gasteiger charge is -2.15. The summed E-state index contributed by atoms with van der Waals surface area (Å²) < 4.78 is 0. The Hall–Kier alpha value is -4.84. The standard InChI is InChI=1S/C31H22N2O4/c34-28-24-5-1-2-6-25(24)29(35)32(28)18-22-13-9-20(10-14-22)17-21-11-15-23(16-12-21)19-33-30(36)26-7-3-4-8-27(26)31(33)37/h1-16H,17-19H2. The lowest BCUT2D eigenvalue weighted by molar-refractivity contribution is 0.0627. The molecule has 0 fully saturated rings. The van der Waals surface area contributed by atoms with E-state index in [0.29, 0.717) is 28.7 Å². The Bertz CT molecular complexity index is 1380. The first-order valence-corrected chi connectivity index (χ1v) is 12.1. The number of hydrogen-bond donors (Lipinski definition) is 0. The lowest BCUT2D eigenvalue weighted by atomic mass is 10.0. The molecular formula is C31H22N2O4. The van der Waals surface area contributed by atoms with Crippen LogP contribution >= 0.6 is 0 Å². The molecule has 6 nitrogen and oxygen atoms in total. The Morgan fingerprint density at radius 2 is 0.649 bits per heavy atom. The summed E-state index contributed by atoms with van der Waals surface area (Å²) in [6.45, 7) is 0.471. The maximum absolute atomic E-state index is 12.6. The van der Waals surface area contributed by atoms with E-state index < -0.39 is 0 Å². The van der Waals surface area contributed by atoms with Crippen molar-refractivity contribution in [3.8, 4) is 0 Å². The number of imide groups is 2. The van der Waals surface area contributed by atoms with Crippen molar-refractivity contribution in [1.82, 2.24) is 9.80 Å². The number of fused-ring (bicyclic) bond motifs is 2. The lowest BCUT2D eigenvalue weighted by Crippen LogP contribution is -2.29. The highest BCUT2D eigenvalue weighted by atomic mass is 16.2. The minimum atomic E-state index is -0.258. The number of nitrogens with zero attached hydrogens (tertiary/aromatic N) is 2. The Labute approximate surface area is 213 Å². The molecule has 0 atom stereocenters. The third kappa shape index (κ3) is 4.02. The van der Waals surface area contributed by atoms with E-state index in [2.05, 4.69) is 0 Å². The van der Waals surface area contributed by atoms with E-state index in [9.17, 15) is 19.2 Å². The fourth-order valence-corrected chi connectivity index (χ4v) is 4.89. The Morgan fingerprint density at radius 3 is 0.946 bits per heavy atom. The number of carbonyl (C=O) groups is 4. The summed E-state index contributed by atoms with van der Waals surface area (Å²) in [6.07, 6.45) is 0.709. The van der Waals surface area contributed by atoms with E-state index >= 15 is 0 Å². The average molecular weight is 487 g/mol. The van der Waals surface area contributed by atoms with Gasteiger partial charge in [0, 0.05) is 0 Å². The second-order valence-electron chi connectivity index (χ2n) is 9.29. The zero-order chi connectivity index (χ0) is 25.5. The molecule has 4 aromatic rings. The van der Waals surface area contributed by atoms with Crippen LogP contribution < -0.4 is 0 Å². The summed E-state index contributed by atoms with van der Waals surface area (Å²) in [6, 6.07) is 29.6. The van der Waals surface area contributed by atoms with Crippen molar-refractivity contribution >= 4 is 23.6 Å². The summed E-state index contributed by atoms with van der Waals surface area (Å²) in [4.78, 5) is 53.0. The topological polar surface area (TPSA) is 74.8 Å². The number of rotatable bonds is 6. The molecule has 0 N–H and O–H groups in total. The monoisotopic (exact) mass is 486 g/mol. The van der Waals surface area contributed by atoms with Gasteiger partial charge in [-0.15, -0.1) is 0 Å².